The standard InChI is InChI=1S/C14H24N4OS/c1-11(2)13(19)16-8-9-18-14(15-3)17-7-6-12-5-4-10-20-12/h4-5,10-11H,6-9H2,1-3H3,(H,16,19)(H2,15,17,18). The summed E-state index contributed by atoms with van der Waals surface area (Å²) in [7, 11) is 1.74. The SMILES string of the molecule is CN=C(NCCNC(=O)C(C)C)NCCc1cccs1. The summed E-state index contributed by atoms with van der Waals surface area (Å²) in [6.07, 6.45) is 0.989. The molecule has 3 N–H and O–H groups in total. The van der Waals surface area contributed by atoms with Gasteiger partial charge in [0.2, 0.25) is 5.91 Å². The van der Waals surface area contributed by atoms with Crippen LogP contribution in [-0.4, -0.2) is 38.5 Å². The van der Waals surface area contributed by atoms with Crippen molar-refractivity contribution in [3.63, 3.8) is 0 Å². The molecule has 1 heterocycles. The Balaban J connectivity index is 2.12. The lowest BCUT2D eigenvalue weighted by Gasteiger charge is -2.12. The molecule has 0 spiro atoms. The first-order valence-corrected chi connectivity index (χ1v) is 7.76. The molecule has 0 aliphatic heterocycles. The first-order chi connectivity index (χ1) is 9.63. The number of hydrogen-bond acceptors (Lipinski definition) is 3. The topological polar surface area (TPSA) is 65.5 Å². The molecule has 20 heavy (non-hydrogen) atoms. The van der Waals surface area contributed by atoms with Crippen LogP contribution in [0.3, 0.4) is 0 Å². The fraction of sp³-hybridized carbons (Fsp3) is 0.571. The first-order valence-electron chi connectivity index (χ1n) is 6.88. The third-order valence-corrected chi connectivity index (χ3v) is 3.64. The highest BCUT2D eigenvalue weighted by molar-refractivity contribution is 7.09. The molecule has 0 saturated heterocycles. The molecule has 1 aromatic rings. The van der Waals surface area contributed by atoms with Crippen LogP contribution >= 0.6 is 11.3 Å². The normalized spacial score (nSPS) is 11.5. The maximum absolute atomic E-state index is 11.4. The second-order valence-corrected chi connectivity index (χ2v) is 5.73. The summed E-state index contributed by atoms with van der Waals surface area (Å²) in [6.45, 7) is 5.87. The minimum atomic E-state index is 0.0261. The van der Waals surface area contributed by atoms with Gasteiger partial charge in [0.05, 0.1) is 0 Å². The van der Waals surface area contributed by atoms with Crippen LogP contribution in [-0.2, 0) is 11.2 Å². The molecule has 112 valence electrons. The van der Waals surface area contributed by atoms with Gasteiger partial charge in [-0.15, -0.1) is 11.3 Å². The van der Waals surface area contributed by atoms with Crippen LogP contribution in [0.25, 0.3) is 0 Å². The smallest absolute Gasteiger partial charge is 0.222 e. The van der Waals surface area contributed by atoms with Gasteiger partial charge in [0, 0.05) is 37.5 Å². The van der Waals surface area contributed by atoms with Crippen LogP contribution < -0.4 is 16.0 Å². The lowest BCUT2D eigenvalue weighted by molar-refractivity contribution is -0.123. The van der Waals surface area contributed by atoms with Crippen LogP contribution in [0.4, 0.5) is 0 Å². The number of hydrogen-bond donors (Lipinski definition) is 3. The molecule has 0 fully saturated rings. The highest BCUT2D eigenvalue weighted by atomic mass is 32.1. The maximum atomic E-state index is 11.4. The van der Waals surface area contributed by atoms with Gasteiger partial charge in [0.15, 0.2) is 5.96 Å². The van der Waals surface area contributed by atoms with E-state index >= 15 is 0 Å². The third-order valence-electron chi connectivity index (χ3n) is 2.71. The van der Waals surface area contributed by atoms with Gasteiger partial charge in [-0.25, -0.2) is 0 Å². The minimum absolute atomic E-state index is 0.0261. The van der Waals surface area contributed by atoms with Crippen molar-refractivity contribution in [1.82, 2.24) is 16.0 Å². The molecular weight excluding hydrogens is 272 g/mol. The number of carbonyl (C=O) groups is 1. The Labute approximate surface area is 124 Å². The molecule has 1 amide bonds. The molecule has 0 unspecified atom stereocenters. The molecular formula is C14H24N4OS. The molecule has 0 atom stereocenters. The lowest BCUT2D eigenvalue weighted by atomic mass is 10.2. The van der Waals surface area contributed by atoms with E-state index in [1.807, 2.05) is 13.8 Å². The largest absolute Gasteiger partial charge is 0.356 e. The van der Waals surface area contributed by atoms with Crippen molar-refractivity contribution in [3.05, 3.63) is 22.4 Å². The Morgan fingerprint density at radius 2 is 1.95 bits per heavy atom. The summed E-state index contributed by atoms with van der Waals surface area (Å²) in [5.41, 5.74) is 0. The number of guanidine groups is 1. The summed E-state index contributed by atoms with van der Waals surface area (Å²) in [5, 5.41) is 11.4. The summed E-state index contributed by atoms with van der Waals surface area (Å²) < 4.78 is 0. The zero-order valence-electron chi connectivity index (χ0n) is 12.4. The van der Waals surface area contributed by atoms with Crippen molar-refractivity contribution in [3.8, 4) is 0 Å². The maximum Gasteiger partial charge on any atom is 0.222 e. The number of thiophene rings is 1. The van der Waals surface area contributed by atoms with Crippen molar-refractivity contribution >= 4 is 23.2 Å². The Bertz CT molecular complexity index is 415. The highest BCUT2D eigenvalue weighted by Crippen LogP contribution is 2.07. The summed E-state index contributed by atoms with van der Waals surface area (Å²) in [6, 6.07) is 4.19. The van der Waals surface area contributed by atoms with Crippen LogP contribution in [0.15, 0.2) is 22.5 Å². The first kappa shape index (κ1) is 16.5. The van der Waals surface area contributed by atoms with Crippen molar-refractivity contribution in [2.45, 2.75) is 20.3 Å². The van der Waals surface area contributed by atoms with Crippen molar-refractivity contribution in [2.75, 3.05) is 26.7 Å². The van der Waals surface area contributed by atoms with E-state index in [1.165, 1.54) is 4.88 Å². The number of aliphatic imine (C=N–C) groups is 1. The van der Waals surface area contributed by atoms with Crippen LogP contribution in [0.5, 0.6) is 0 Å². The summed E-state index contributed by atoms with van der Waals surface area (Å²) in [4.78, 5) is 16.9. The van der Waals surface area contributed by atoms with E-state index in [1.54, 1.807) is 18.4 Å². The van der Waals surface area contributed by atoms with Crippen molar-refractivity contribution in [1.29, 1.82) is 0 Å². The lowest BCUT2D eigenvalue weighted by Crippen LogP contribution is -2.42. The van der Waals surface area contributed by atoms with E-state index in [0.29, 0.717) is 13.1 Å². The Hall–Kier alpha value is -1.56. The van der Waals surface area contributed by atoms with E-state index in [2.05, 4.69) is 38.5 Å². The van der Waals surface area contributed by atoms with Gasteiger partial charge in [0.1, 0.15) is 0 Å². The number of amides is 1. The van der Waals surface area contributed by atoms with E-state index in [9.17, 15) is 4.79 Å². The van der Waals surface area contributed by atoms with Crippen LogP contribution in [0, 0.1) is 5.92 Å². The average molecular weight is 296 g/mol. The monoisotopic (exact) mass is 296 g/mol. The second kappa shape index (κ2) is 9.36. The zero-order chi connectivity index (χ0) is 14.8. The van der Waals surface area contributed by atoms with Gasteiger partial charge in [-0.3, -0.25) is 9.79 Å². The fourth-order valence-corrected chi connectivity index (χ4v) is 2.26. The number of carbonyl (C=O) groups excluding carboxylic acids is 1. The second-order valence-electron chi connectivity index (χ2n) is 4.70. The van der Waals surface area contributed by atoms with E-state index in [-0.39, 0.29) is 11.8 Å². The minimum Gasteiger partial charge on any atom is -0.356 e. The zero-order valence-corrected chi connectivity index (χ0v) is 13.2. The van der Waals surface area contributed by atoms with Gasteiger partial charge in [0.25, 0.3) is 0 Å². The summed E-state index contributed by atoms with van der Waals surface area (Å²) >= 11 is 1.76. The highest BCUT2D eigenvalue weighted by Gasteiger charge is 2.05. The average Bonchev–Trinajstić information content (AvgIpc) is 2.94. The van der Waals surface area contributed by atoms with Gasteiger partial charge in [-0.05, 0) is 17.9 Å². The molecule has 5 nitrogen and oxygen atoms in total. The predicted octanol–water partition coefficient (Wildman–Crippen LogP) is 1.23. The molecule has 0 radical (unpaired) electrons. The van der Waals surface area contributed by atoms with E-state index in [0.717, 1.165) is 18.9 Å². The Kier molecular flexibility index (Phi) is 7.72. The molecule has 0 bridgehead atoms. The fourth-order valence-electron chi connectivity index (χ4n) is 1.55. The molecule has 0 aliphatic carbocycles. The van der Waals surface area contributed by atoms with Crippen molar-refractivity contribution < 1.29 is 4.79 Å². The molecule has 0 aliphatic rings. The predicted molar refractivity (Wildman–Crippen MR) is 85.2 cm³/mol. The Morgan fingerprint density at radius 3 is 2.55 bits per heavy atom. The third kappa shape index (κ3) is 6.56. The Morgan fingerprint density at radius 1 is 1.25 bits per heavy atom. The van der Waals surface area contributed by atoms with Crippen LogP contribution in [0.2, 0.25) is 0 Å². The number of nitrogens with zero attached hydrogens (tertiary/aromatic N) is 1. The van der Waals surface area contributed by atoms with E-state index < -0.39 is 0 Å². The molecule has 0 aromatic carbocycles. The van der Waals surface area contributed by atoms with E-state index in [4.69, 9.17) is 0 Å². The quantitative estimate of drug-likeness (QED) is 0.403. The van der Waals surface area contributed by atoms with Gasteiger partial charge < -0.3 is 16.0 Å². The molecule has 1 rings (SSSR count). The van der Waals surface area contributed by atoms with Gasteiger partial charge in [-0.2, -0.15) is 0 Å². The summed E-state index contributed by atoms with van der Waals surface area (Å²) in [5.74, 6) is 0.867. The van der Waals surface area contributed by atoms with Crippen molar-refractivity contribution in [2.24, 2.45) is 10.9 Å². The van der Waals surface area contributed by atoms with Crippen LogP contribution in [0.1, 0.15) is 18.7 Å². The molecule has 1 aromatic heterocycles. The van der Waals surface area contributed by atoms with Gasteiger partial charge >= 0.3 is 0 Å². The van der Waals surface area contributed by atoms with Gasteiger partial charge in [-0.1, -0.05) is 19.9 Å². The molecule has 6 heteroatoms. The molecule has 0 saturated carbocycles. The number of nitrogens with one attached hydrogen (secondary N) is 3. The number of rotatable bonds is 7.